The van der Waals surface area contributed by atoms with Gasteiger partial charge in [0.05, 0.1) is 6.10 Å². The Morgan fingerprint density at radius 2 is 1.81 bits per heavy atom. The summed E-state index contributed by atoms with van der Waals surface area (Å²) in [6.45, 7) is 4.05. The lowest BCUT2D eigenvalue weighted by molar-refractivity contribution is 0.209. The highest BCUT2D eigenvalue weighted by Crippen LogP contribution is 2.32. The van der Waals surface area contributed by atoms with Crippen molar-refractivity contribution in [3.8, 4) is 11.5 Å². The van der Waals surface area contributed by atoms with Crippen LogP contribution in [0.4, 0.5) is 0 Å². The van der Waals surface area contributed by atoms with Gasteiger partial charge in [0.2, 0.25) is 0 Å². The first-order valence-electron chi connectivity index (χ1n) is 5.59. The van der Waals surface area contributed by atoms with Crippen LogP contribution in [0.5, 0.6) is 11.5 Å². The van der Waals surface area contributed by atoms with Crippen LogP contribution in [0.1, 0.15) is 20.3 Å². The Balaban J connectivity index is 2.42. The Morgan fingerprint density at radius 3 is 2.44 bits per heavy atom. The normalized spacial score (nSPS) is 12.6. The van der Waals surface area contributed by atoms with Crippen molar-refractivity contribution in [2.75, 3.05) is 0 Å². The lowest BCUT2D eigenvalue weighted by Gasteiger charge is -2.14. The molecule has 0 fully saturated rings. The van der Waals surface area contributed by atoms with Crippen LogP contribution in [0, 0.1) is 0 Å². The molecule has 2 rings (SSSR count). The Labute approximate surface area is 95.5 Å². The predicted molar refractivity (Wildman–Crippen MR) is 66.0 cm³/mol. The van der Waals surface area contributed by atoms with Crippen LogP contribution in [0.25, 0.3) is 10.8 Å². The third-order valence-corrected chi connectivity index (χ3v) is 2.73. The van der Waals surface area contributed by atoms with E-state index in [0.29, 0.717) is 5.75 Å². The molecule has 0 saturated carbocycles. The van der Waals surface area contributed by atoms with Gasteiger partial charge in [0.1, 0.15) is 0 Å². The average Bonchev–Trinajstić information content (AvgIpc) is 2.30. The molecular formula is C14H16O2. The maximum absolute atomic E-state index is 9.83. The highest BCUT2D eigenvalue weighted by atomic mass is 16.5. The summed E-state index contributed by atoms with van der Waals surface area (Å²) in [7, 11) is 0. The molecule has 0 aromatic heterocycles. The largest absolute Gasteiger partial charge is 0.504 e. The molecule has 0 spiro atoms. The highest BCUT2D eigenvalue weighted by molar-refractivity contribution is 5.85. The number of ether oxygens (including phenoxy) is 1. The molecule has 0 saturated heterocycles. The number of aromatic hydroxyl groups is 1. The van der Waals surface area contributed by atoms with Gasteiger partial charge in [0.15, 0.2) is 11.5 Å². The lowest BCUT2D eigenvalue weighted by atomic mass is 10.1. The van der Waals surface area contributed by atoms with Crippen molar-refractivity contribution in [1.29, 1.82) is 0 Å². The van der Waals surface area contributed by atoms with Gasteiger partial charge in [-0.3, -0.25) is 0 Å². The summed E-state index contributed by atoms with van der Waals surface area (Å²) < 4.78 is 5.65. The van der Waals surface area contributed by atoms with E-state index in [9.17, 15) is 5.11 Å². The van der Waals surface area contributed by atoms with Gasteiger partial charge in [-0.25, -0.2) is 0 Å². The second-order valence-electron chi connectivity index (χ2n) is 4.00. The number of hydrogen-bond donors (Lipinski definition) is 1. The molecule has 2 heteroatoms. The van der Waals surface area contributed by atoms with Crippen LogP contribution in [0.3, 0.4) is 0 Å². The zero-order chi connectivity index (χ0) is 11.5. The van der Waals surface area contributed by atoms with Crippen molar-refractivity contribution in [2.24, 2.45) is 0 Å². The topological polar surface area (TPSA) is 29.5 Å². The fraction of sp³-hybridized carbons (Fsp3) is 0.286. The number of fused-ring (bicyclic) bond motifs is 1. The van der Waals surface area contributed by atoms with Gasteiger partial charge in [0, 0.05) is 0 Å². The van der Waals surface area contributed by atoms with Crippen molar-refractivity contribution in [3.63, 3.8) is 0 Å². The molecule has 0 amide bonds. The van der Waals surface area contributed by atoms with Crippen molar-refractivity contribution in [3.05, 3.63) is 36.4 Å². The standard InChI is InChI=1S/C14H16O2/c1-3-10(2)16-14-9-12-7-5-4-6-11(12)8-13(14)15/h4-10,15H,3H2,1-2H3. The Bertz CT molecular complexity index is 491. The molecule has 0 heterocycles. The molecule has 84 valence electrons. The molecule has 0 radical (unpaired) electrons. The van der Waals surface area contributed by atoms with Crippen LogP contribution in [0.15, 0.2) is 36.4 Å². The molecule has 2 aromatic carbocycles. The zero-order valence-corrected chi connectivity index (χ0v) is 9.60. The third kappa shape index (κ3) is 2.11. The molecule has 1 N–H and O–H groups in total. The summed E-state index contributed by atoms with van der Waals surface area (Å²) in [6.07, 6.45) is 1.04. The van der Waals surface area contributed by atoms with Crippen LogP contribution >= 0.6 is 0 Å². The second-order valence-corrected chi connectivity index (χ2v) is 4.00. The van der Waals surface area contributed by atoms with Crippen LogP contribution < -0.4 is 4.74 Å². The first-order valence-corrected chi connectivity index (χ1v) is 5.59. The van der Waals surface area contributed by atoms with Crippen molar-refractivity contribution in [2.45, 2.75) is 26.4 Å². The minimum Gasteiger partial charge on any atom is -0.504 e. The van der Waals surface area contributed by atoms with E-state index in [4.69, 9.17) is 4.74 Å². The molecule has 0 aliphatic rings. The van der Waals surface area contributed by atoms with Gasteiger partial charge in [-0.15, -0.1) is 0 Å². The number of rotatable bonds is 3. The molecule has 0 bridgehead atoms. The molecule has 2 nitrogen and oxygen atoms in total. The summed E-state index contributed by atoms with van der Waals surface area (Å²) in [6, 6.07) is 11.5. The van der Waals surface area contributed by atoms with Gasteiger partial charge in [0.25, 0.3) is 0 Å². The SMILES string of the molecule is CCC(C)Oc1cc2ccccc2cc1O. The molecule has 1 atom stereocenters. The van der Waals surface area contributed by atoms with E-state index in [1.807, 2.05) is 37.3 Å². The van der Waals surface area contributed by atoms with E-state index in [-0.39, 0.29) is 11.9 Å². The smallest absolute Gasteiger partial charge is 0.161 e. The maximum Gasteiger partial charge on any atom is 0.161 e. The minimum atomic E-state index is 0.118. The van der Waals surface area contributed by atoms with Crippen LogP contribution in [0.2, 0.25) is 0 Å². The molecule has 0 aliphatic carbocycles. The Morgan fingerprint density at radius 1 is 1.19 bits per heavy atom. The fourth-order valence-electron chi connectivity index (χ4n) is 1.60. The van der Waals surface area contributed by atoms with Gasteiger partial charge < -0.3 is 9.84 Å². The van der Waals surface area contributed by atoms with Crippen molar-refractivity contribution >= 4 is 10.8 Å². The van der Waals surface area contributed by atoms with Gasteiger partial charge in [-0.2, -0.15) is 0 Å². The first kappa shape index (κ1) is 10.8. The highest BCUT2D eigenvalue weighted by Gasteiger charge is 2.07. The summed E-state index contributed by atoms with van der Waals surface area (Å²) in [5.74, 6) is 0.770. The van der Waals surface area contributed by atoms with Crippen molar-refractivity contribution in [1.82, 2.24) is 0 Å². The molecule has 16 heavy (non-hydrogen) atoms. The van der Waals surface area contributed by atoms with Gasteiger partial charge in [-0.1, -0.05) is 31.2 Å². The van der Waals surface area contributed by atoms with Crippen molar-refractivity contribution < 1.29 is 9.84 Å². The number of hydrogen-bond acceptors (Lipinski definition) is 2. The zero-order valence-electron chi connectivity index (χ0n) is 9.60. The molecular weight excluding hydrogens is 200 g/mol. The lowest BCUT2D eigenvalue weighted by Crippen LogP contribution is -2.09. The van der Waals surface area contributed by atoms with Gasteiger partial charge in [-0.05, 0) is 36.2 Å². The van der Waals surface area contributed by atoms with Crippen LogP contribution in [-0.4, -0.2) is 11.2 Å². The Kier molecular flexibility index (Phi) is 3.00. The summed E-state index contributed by atoms with van der Waals surface area (Å²) >= 11 is 0. The summed E-state index contributed by atoms with van der Waals surface area (Å²) in [5, 5.41) is 11.9. The molecule has 1 unspecified atom stereocenters. The van der Waals surface area contributed by atoms with E-state index in [0.717, 1.165) is 17.2 Å². The number of phenols is 1. The quantitative estimate of drug-likeness (QED) is 0.847. The average molecular weight is 216 g/mol. The first-order chi connectivity index (χ1) is 7.70. The Hall–Kier alpha value is -1.70. The van der Waals surface area contributed by atoms with E-state index in [1.165, 1.54) is 0 Å². The monoisotopic (exact) mass is 216 g/mol. The molecule has 2 aromatic rings. The second kappa shape index (κ2) is 4.44. The van der Waals surface area contributed by atoms with Gasteiger partial charge >= 0.3 is 0 Å². The fourth-order valence-corrected chi connectivity index (χ4v) is 1.60. The number of phenolic OH excluding ortho intramolecular Hbond substituents is 1. The van der Waals surface area contributed by atoms with E-state index in [2.05, 4.69) is 6.92 Å². The van der Waals surface area contributed by atoms with Crippen LogP contribution in [-0.2, 0) is 0 Å². The summed E-state index contributed by atoms with van der Waals surface area (Å²) in [4.78, 5) is 0. The predicted octanol–water partition coefficient (Wildman–Crippen LogP) is 3.72. The van der Waals surface area contributed by atoms with E-state index < -0.39 is 0 Å². The maximum atomic E-state index is 9.83. The minimum absolute atomic E-state index is 0.118. The summed E-state index contributed by atoms with van der Waals surface area (Å²) in [5.41, 5.74) is 0. The van der Waals surface area contributed by atoms with E-state index >= 15 is 0 Å². The van der Waals surface area contributed by atoms with E-state index in [1.54, 1.807) is 6.07 Å². The molecule has 0 aliphatic heterocycles. The third-order valence-electron chi connectivity index (χ3n) is 2.73. The number of benzene rings is 2.